The lowest BCUT2D eigenvalue weighted by molar-refractivity contribution is 0.0333. The number of benzene rings is 1. The number of aliphatic hydroxyl groups is 2. The van der Waals surface area contributed by atoms with Crippen LogP contribution in [0.25, 0.3) is 0 Å². The van der Waals surface area contributed by atoms with E-state index in [1.807, 2.05) is 12.1 Å². The molecule has 1 unspecified atom stereocenters. The molecule has 6 nitrogen and oxygen atoms in total. The number of aliphatic hydroxyl groups excluding tert-OH is 2. The predicted octanol–water partition coefficient (Wildman–Crippen LogP) is 2.27. The zero-order chi connectivity index (χ0) is 20.1. The monoisotopic (exact) mass is 392 g/mol. The number of hydrogen-bond donors (Lipinski definition) is 2. The van der Waals surface area contributed by atoms with E-state index in [1.165, 1.54) is 18.4 Å². The summed E-state index contributed by atoms with van der Waals surface area (Å²) in [4.78, 5) is 4.69. The van der Waals surface area contributed by atoms with Crippen molar-refractivity contribution >= 4 is 0 Å². The van der Waals surface area contributed by atoms with Gasteiger partial charge in [-0.2, -0.15) is 0 Å². The summed E-state index contributed by atoms with van der Waals surface area (Å²) in [5, 5.41) is 19.9. The molecule has 158 valence electrons. The van der Waals surface area contributed by atoms with E-state index >= 15 is 0 Å². The number of methoxy groups -OCH3 is 1. The van der Waals surface area contributed by atoms with Gasteiger partial charge in [-0.25, -0.2) is 0 Å². The van der Waals surface area contributed by atoms with Crippen molar-refractivity contribution in [1.29, 1.82) is 0 Å². The molecule has 0 amide bonds. The van der Waals surface area contributed by atoms with E-state index in [4.69, 9.17) is 9.47 Å². The average Bonchev–Trinajstić information content (AvgIpc) is 3.00. The highest BCUT2D eigenvalue weighted by Crippen LogP contribution is 2.33. The highest BCUT2D eigenvalue weighted by Gasteiger charge is 2.31. The van der Waals surface area contributed by atoms with Crippen LogP contribution in [-0.2, 0) is 6.54 Å². The van der Waals surface area contributed by atoms with Crippen LogP contribution in [0.4, 0.5) is 0 Å². The molecule has 2 saturated heterocycles. The minimum atomic E-state index is -0.565. The van der Waals surface area contributed by atoms with Crippen molar-refractivity contribution < 1.29 is 19.7 Å². The van der Waals surface area contributed by atoms with Crippen molar-refractivity contribution in [2.75, 3.05) is 39.9 Å². The Labute approximate surface area is 169 Å². The van der Waals surface area contributed by atoms with Gasteiger partial charge in [0.05, 0.1) is 13.2 Å². The first kappa shape index (κ1) is 21.4. The molecule has 2 aliphatic rings. The fourth-order valence-electron chi connectivity index (χ4n) is 4.24. The van der Waals surface area contributed by atoms with Crippen molar-refractivity contribution in [3.8, 4) is 11.5 Å². The second kappa shape index (κ2) is 9.44. The lowest BCUT2D eigenvalue weighted by atomic mass is 10.0. The quantitative estimate of drug-likeness (QED) is 0.708. The van der Waals surface area contributed by atoms with Gasteiger partial charge in [-0.05, 0) is 63.8 Å². The highest BCUT2D eigenvalue weighted by molar-refractivity contribution is 5.43. The first-order chi connectivity index (χ1) is 13.4. The van der Waals surface area contributed by atoms with E-state index in [9.17, 15) is 10.2 Å². The molecular weight excluding hydrogens is 356 g/mol. The molecule has 0 spiro atoms. The third kappa shape index (κ3) is 5.60. The Morgan fingerprint density at radius 2 is 1.93 bits per heavy atom. The Morgan fingerprint density at radius 1 is 1.18 bits per heavy atom. The van der Waals surface area contributed by atoms with Crippen LogP contribution >= 0.6 is 0 Å². The van der Waals surface area contributed by atoms with Gasteiger partial charge in [-0.1, -0.05) is 6.07 Å². The van der Waals surface area contributed by atoms with E-state index in [2.05, 4.69) is 29.7 Å². The summed E-state index contributed by atoms with van der Waals surface area (Å²) >= 11 is 0. The highest BCUT2D eigenvalue weighted by atomic mass is 16.5. The summed E-state index contributed by atoms with van der Waals surface area (Å²) in [7, 11) is 1.65. The van der Waals surface area contributed by atoms with Gasteiger partial charge < -0.3 is 24.6 Å². The molecule has 2 N–H and O–H groups in total. The maximum absolute atomic E-state index is 10.3. The Kier molecular flexibility index (Phi) is 7.20. The molecule has 0 radical (unpaired) electrons. The lowest BCUT2D eigenvalue weighted by Crippen LogP contribution is -2.41. The second-order valence-electron chi connectivity index (χ2n) is 8.82. The zero-order valence-corrected chi connectivity index (χ0v) is 17.6. The van der Waals surface area contributed by atoms with Crippen molar-refractivity contribution in [1.82, 2.24) is 9.80 Å². The third-order valence-electron chi connectivity index (χ3n) is 6.13. The molecule has 1 aromatic rings. The minimum absolute atomic E-state index is 0.196. The Balaban J connectivity index is 1.52. The molecule has 1 aromatic carbocycles. The Morgan fingerprint density at radius 3 is 2.57 bits per heavy atom. The van der Waals surface area contributed by atoms with E-state index in [0.717, 1.165) is 39.0 Å². The Bertz CT molecular complexity index is 629. The molecule has 0 bridgehead atoms. The van der Waals surface area contributed by atoms with E-state index in [-0.39, 0.29) is 18.2 Å². The van der Waals surface area contributed by atoms with Gasteiger partial charge in [0.1, 0.15) is 12.7 Å². The summed E-state index contributed by atoms with van der Waals surface area (Å²) < 4.78 is 11.4. The molecule has 6 heteroatoms. The summed E-state index contributed by atoms with van der Waals surface area (Å²) in [6.07, 6.45) is 3.27. The van der Waals surface area contributed by atoms with Crippen LogP contribution in [0.5, 0.6) is 11.5 Å². The van der Waals surface area contributed by atoms with Gasteiger partial charge in [0, 0.05) is 31.7 Å². The van der Waals surface area contributed by atoms with Gasteiger partial charge in [0.25, 0.3) is 0 Å². The molecule has 0 aliphatic carbocycles. The largest absolute Gasteiger partial charge is 0.493 e. The number of rotatable bonds is 8. The number of ether oxygens (including phenoxy) is 2. The number of nitrogens with zero attached hydrogens (tertiary/aromatic N) is 2. The molecule has 2 aliphatic heterocycles. The first-order valence-corrected chi connectivity index (χ1v) is 10.5. The standard InChI is InChI=1S/C22H36N2O4/c1-22(2)9-4-10-24(22)14-17-5-6-20(21(13-17)27-3)28-16-19(26)15-23-11-7-18(25)8-12-23/h5-6,13,18-19,25-26H,4,7-12,14-16H2,1-3H3. The molecule has 0 saturated carbocycles. The SMILES string of the molecule is COc1cc(CN2CCCC2(C)C)ccc1OCC(O)CN1CCC(O)CC1. The van der Waals surface area contributed by atoms with Crippen molar-refractivity contribution in [2.24, 2.45) is 0 Å². The molecular formula is C22H36N2O4. The molecule has 3 rings (SSSR count). The van der Waals surface area contributed by atoms with Gasteiger partial charge in [0.15, 0.2) is 11.5 Å². The van der Waals surface area contributed by atoms with Crippen LogP contribution in [-0.4, -0.2) is 77.7 Å². The van der Waals surface area contributed by atoms with Crippen LogP contribution in [0, 0.1) is 0 Å². The lowest BCUT2D eigenvalue weighted by Gasteiger charge is -2.31. The summed E-state index contributed by atoms with van der Waals surface area (Å²) in [6.45, 7) is 9.09. The topological polar surface area (TPSA) is 65.4 Å². The van der Waals surface area contributed by atoms with Gasteiger partial charge in [0.2, 0.25) is 0 Å². The zero-order valence-electron chi connectivity index (χ0n) is 17.6. The molecule has 1 atom stereocenters. The maximum Gasteiger partial charge on any atom is 0.161 e. The van der Waals surface area contributed by atoms with E-state index in [0.29, 0.717) is 18.0 Å². The molecule has 2 fully saturated rings. The second-order valence-corrected chi connectivity index (χ2v) is 8.82. The maximum atomic E-state index is 10.3. The summed E-state index contributed by atoms with van der Waals surface area (Å²) in [5.74, 6) is 1.38. The normalized spacial score (nSPS) is 22.3. The van der Waals surface area contributed by atoms with Gasteiger partial charge >= 0.3 is 0 Å². The number of piperidine rings is 1. The van der Waals surface area contributed by atoms with Crippen LogP contribution in [0.3, 0.4) is 0 Å². The fraction of sp³-hybridized carbons (Fsp3) is 0.727. The van der Waals surface area contributed by atoms with Crippen LogP contribution in [0.2, 0.25) is 0 Å². The smallest absolute Gasteiger partial charge is 0.161 e. The molecule has 0 aromatic heterocycles. The van der Waals surface area contributed by atoms with Crippen molar-refractivity contribution in [3.63, 3.8) is 0 Å². The van der Waals surface area contributed by atoms with Crippen LogP contribution in [0.15, 0.2) is 18.2 Å². The van der Waals surface area contributed by atoms with Crippen LogP contribution < -0.4 is 9.47 Å². The molecule has 28 heavy (non-hydrogen) atoms. The third-order valence-corrected chi connectivity index (χ3v) is 6.13. The number of likely N-dealkylation sites (tertiary alicyclic amines) is 2. The predicted molar refractivity (Wildman–Crippen MR) is 110 cm³/mol. The van der Waals surface area contributed by atoms with Crippen LogP contribution in [0.1, 0.15) is 45.1 Å². The van der Waals surface area contributed by atoms with Crippen molar-refractivity contribution in [3.05, 3.63) is 23.8 Å². The molecule has 2 heterocycles. The average molecular weight is 393 g/mol. The van der Waals surface area contributed by atoms with Crippen molar-refractivity contribution in [2.45, 2.75) is 63.8 Å². The van der Waals surface area contributed by atoms with E-state index < -0.39 is 6.10 Å². The number of hydrogen-bond acceptors (Lipinski definition) is 6. The minimum Gasteiger partial charge on any atom is -0.493 e. The van der Waals surface area contributed by atoms with Gasteiger partial charge in [-0.15, -0.1) is 0 Å². The summed E-state index contributed by atoms with van der Waals surface area (Å²) in [5.41, 5.74) is 1.46. The first-order valence-electron chi connectivity index (χ1n) is 10.5. The fourth-order valence-corrected chi connectivity index (χ4v) is 4.24. The van der Waals surface area contributed by atoms with E-state index in [1.54, 1.807) is 7.11 Å². The Hall–Kier alpha value is -1.34. The van der Waals surface area contributed by atoms with Gasteiger partial charge in [-0.3, -0.25) is 4.90 Å². The number of β-amino-alcohol motifs (C(OH)–C–C–N with tert-alkyl or cyclic N) is 1. The summed E-state index contributed by atoms with van der Waals surface area (Å²) in [6, 6.07) is 6.08.